The molecular weight excluding hydrogens is 326 g/mol. The monoisotopic (exact) mass is 350 g/mol. The molecule has 7 heteroatoms. The highest BCUT2D eigenvalue weighted by Gasteiger charge is 2.14. The van der Waals surface area contributed by atoms with Crippen molar-refractivity contribution in [3.63, 3.8) is 0 Å². The molecule has 0 aromatic heterocycles. The maximum Gasteiger partial charge on any atom is 0.157 e. The minimum absolute atomic E-state index is 0.00845. The molecule has 5 nitrogen and oxygen atoms in total. The van der Waals surface area contributed by atoms with Crippen molar-refractivity contribution in [3.05, 3.63) is 47.0 Å². The zero-order chi connectivity index (χ0) is 18.8. The first kappa shape index (κ1) is 20.8. The number of nitrogens with zero attached hydrogens (tertiary/aromatic N) is 4. The highest BCUT2D eigenvalue weighted by atomic mass is 19.1. The van der Waals surface area contributed by atoms with Crippen molar-refractivity contribution in [1.29, 1.82) is 0 Å². The Morgan fingerprint density at radius 2 is 1.96 bits per heavy atom. The molecule has 1 aromatic carbocycles. The molecule has 0 aliphatic heterocycles. The summed E-state index contributed by atoms with van der Waals surface area (Å²) in [7, 11) is 4.69. The number of rotatable bonds is 7. The van der Waals surface area contributed by atoms with E-state index < -0.39 is 17.7 Å². The summed E-state index contributed by atoms with van der Waals surface area (Å²) >= 11 is 0. The smallest absolute Gasteiger partial charge is 0.157 e. The lowest BCUT2D eigenvalue weighted by Crippen LogP contribution is -2.16. The maximum absolute atomic E-state index is 14.0. The topological polar surface area (TPSA) is 58.7 Å². The Hall–Kier alpha value is -2.28. The van der Waals surface area contributed by atoms with E-state index in [2.05, 4.69) is 20.2 Å². The predicted molar refractivity (Wildman–Crippen MR) is 96.7 cm³/mol. The second-order valence-electron chi connectivity index (χ2n) is 5.44. The lowest BCUT2D eigenvalue weighted by molar-refractivity contribution is 0.202. The van der Waals surface area contributed by atoms with Gasteiger partial charge in [0.15, 0.2) is 5.84 Å². The predicted octanol–water partition coefficient (Wildman–Crippen LogP) is 4.24. The second kappa shape index (κ2) is 10.6. The van der Waals surface area contributed by atoms with Gasteiger partial charge in [-0.2, -0.15) is 10.2 Å². The molecule has 0 bridgehead atoms. The van der Waals surface area contributed by atoms with Gasteiger partial charge in [0.2, 0.25) is 0 Å². The summed E-state index contributed by atoms with van der Waals surface area (Å²) in [6, 6.07) is 2.78. The molecule has 0 radical (unpaired) electrons. The summed E-state index contributed by atoms with van der Waals surface area (Å²) in [4.78, 5) is 8.33. The molecule has 0 fully saturated rings. The van der Waals surface area contributed by atoms with Crippen LogP contribution in [0.3, 0.4) is 0 Å². The van der Waals surface area contributed by atoms with Gasteiger partial charge in [-0.3, -0.25) is 4.99 Å². The van der Waals surface area contributed by atoms with Gasteiger partial charge in [0.25, 0.3) is 0 Å². The van der Waals surface area contributed by atoms with Crippen molar-refractivity contribution in [2.45, 2.75) is 26.3 Å². The normalized spacial score (nSPS) is 15.1. The van der Waals surface area contributed by atoms with E-state index in [0.29, 0.717) is 12.3 Å². The van der Waals surface area contributed by atoms with Crippen molar-refractivity contribution >= 4 is 11.5 Å². The fraction of sp³-hybridized carbons (Fsp3) is 0.444. The van der Waals surface area contributed by atoms with Crippen LogP contribution < -0.4 is 0 Å². The van der Waals surface area contributed by atoms with E-state index in [1.165, 1.54) is 7.05 Å². The Labute approximate surface area is 147 Å². The standard InChI is InChI=1S/C18H24F2N4O/c1-12(8-9-25-5)10-17(24-22-4)13(2)23-18(21-3)15-11-14(19)6-7-16(15)20/h6-7,10-11,17H,8-9H2,1-5H3/b12-10?,21-18-,23-13+,24-22-. The van der Waals surface area contributed by atoms with Gasteiger partial charge >= 0.3 is 0 Å². The van der Waals surface area contributed by atoms with Crippen LogP contribution in [-0.2, 0) is 4.74 Å². The quantitative estimate of drug-likeness (QED) is 0.314. The van der Waals surface area contributed by atoms with E-state index in [-0.39, 0.29) is 11.4 Å². The van der Waals surface area contributed by atoms with E-state index in [9.17, 15) is 8.78 Å². The number of benzene rings is 1. The summed E-state index contributed by atoms with van der Waals surface area (Å²) in [6.45, 7) is 4.32. The van der Waals surface area contributed by atoms with E-state index in [1.807, 2.05) is 13.0 Å². The van der Waals surface area contributed by atoms with Crippen LogP contribution in [0.25, 0.3) is 0 Å². The molecular formula is C18H24F2N4O. The molecule has 0 spiro atoms. The summed E-state index contributed by atoms with van der Waals surface area (Å²) in [6.07, 6.45) is 2.67. The van der Waals surface area contributed by atoms with Crippen molar-refractivity contribution < 1.29 is 13.5 Å². The number of hydrogen-bond donors (Lipinski definition) is 0. The molecule has 0 amide bonds. The van der Waals surface area contributed by atoms with Gasteiger partial charge in [0, 0.05) is 33.5 Å². The number of azo groups is 1. The third kappa shape index (κ3) is 6.62. The molecule has 1 aromatic rings. The summed E-state index contributed by atoms with van der Waals surface area (Å²) in [5, 5.41) is 7.97. The Morgan fingerprint density at radius 3 is 2.56 bits per heavy atom. The Morgan fingerprint density at radius 1 is 1.24 bits per heavy atom. The molecule has 0 saturated carbocycles. The summed E-state index contributed by atoms with van der Waals surface area (Å²) in [5.41, 5.74) is 1.65. The SMILES string of the molecule is C/N=N\C(C=C(C)CCOC)/C(C)=N/C(=N\C)c1cc(F)ccc1F. The van der Waals surface area contributed by atoms with Gasteiger partial charge in [0.1, 0.15) is 17.7 Å². The number of hydrogen-bond acceptors (Lipinski definition) is 4. The van der Waals surface area contributed by atoms with E-state index in [1.54, 1.807) is 21.1 Å². The van der Waals surface area contributed by atoms with Crippen LogP contribution in [0.5, 0.6) is 0 Å². The molecule has 0 aliphatic rings. The molecule has 1 unspecified atom stereocenters. The third-order valence-corrected chi connectivity index (χ3v) is 3.47. The minimum atomic E-state index is -0.584. The average molecular weight is 350 g/mol. The first-order chi connectivity index (χ1) is 11.9. The molecule has 1 atom stereocenters. The van der Waals surface area contributed by atoms with Crippen LogP contribution in [0.15, 0.2) is 50.1 Å². The molecule has 0 saturated heterocycles. The Balaban J connectivity index is 3.17. The van der Waals surface area contributed by atoms with E-state index in [0.717, 1.165) is 30.2 Å². The number of amidine groups is 1. The zero-order valence-electron chi connectivity index (χ0n) is 15.3. The number of aliphatic imine (C=N–C) groups is 2. The lowest BCUT2D eigenvalue weighted by atomic mass is 10.1. The van der Waals surface area contributed by atoms with Gasteiger partial charge in [0.05, 0.1) is 5.56 Å². The van der Waals surface area contributed by atoms with Crippen LogP contribution in [-0.4, -0.2) is 45.4 Å². The minimum Gasteiger partial charge on any atom is -0.384 e. The maximum atomic E-state index is 14.0. The molecule has 1 rings (SSSR count). The van der Waals surface area contributed by atoms with E-state index >= 15 is 0 Å². The zero-order valence-corrected chi connectivity index (χ0v) is 15.3. The van der Waals surface area contributed by atoms with Gasteiger partial charge in [-0.15, -0.1) is 0 Å². The average Bonchev–Trinajstić information content (AvgIpc) is 2.59. The number of methoxy groups -OCH3 is 1. The molecule has 136 valence electrons. The summed E-state index contributed by atoms with van der Waals surface area (Å²) in [5.74, 6) is -1.03. The van der Waals surface area contributed by atoms with Crippen LogP contribution in [0, 0.1) is 11.6 Å². The van der Waals surface area contributed by atoms with Gasteiger partial charge in [-0.05, 0) is 38.5 Å². The molecule has 0 N–H and O–H groups in total. The van der Waals surface area contributed by atoms with Gasteiger partial charge < -0.3 is 4.74 Å². The molecule has 0 heterocycles. The highest BCUT2D eigenvalue weighted by Crippen LogP contribution is 2.14. The lowest BCUT2D eigenvalue weighted by Gasteiger charge is -2.10. The third-order valence-electron chi connectivity index (χ3n) is 3.47. The second-order valence-corrected chi connectivity index (χ2v) is 5.44. The van der Waals surface area contributed by atoms with E-state index in [4.69, 9.17) is 4.74 Å². The van der Waals surface area contributed by atoms with Gasteiger partial charge in [-0.1, -0.05) is 11.6 Å². The largest absolute Gasteiger partial charge is 0.384 e. The first-order valence-corrected chi connectivity index (χ1v) is 7.85. The fourth-order valence-electron chi connectivity index (χ4n) is 2.11. The van der Waals surface area contributed by atoms with Crippen LogP contribution >= 0.6 is 0 Å². The highest BCUT2D eigenvalue weighted by molar-refractivity contribution is 6.08. The summed E-state index contributed by atoms with van der Waals surface area (Å²) < 4.78 is 32.5. The molecule has 25 heavy (non-hydrogen) atoms. The van der Waals surface area contributed by atoms with Crippen LogP contribution in [0.4, 0.5) is 8.78 Å². The van der Waals surface area contributed by atoms with Crippen molar-refractivity contribution in [2.75, 3.05) is 27.8 Å². The van der Waals surface area contributed by atoms with Gasteiger partial charge in [-0.25, -0.2) is 13.8 Å². The van der Waals surface area contributed by atoms with Crippen molar-refractivity contribution in [2.24, 2.45) is 20.2 Å². The van der Waals surface area contributed by atoms with Crippen molar-refractivity contribution in [3.8, 4) is 0 Å². The van der Waals surface area contributed by atoms with Crippen LogP contribution in [0.1, 0.15) is 25.8 Å². The number of ether oxygens (including phenoxy) is 1. The Kier molecular flexibility index (Phi) is 8.77. The van der Waals surface area contributed by atoms with Crippen molar-refractivity contribution in [1.82, 2.24) is 0 Å². The number of halogens is 2. The fourth-order valence-corrected chi connectivity index (χ4v) is 2.11. The first-order valence-electron chi connectivity index (χ1n) is 7.85. The molecule has 0 aliphatic carbocycles. The Bertz CT molecular complexity index is 696. The van der Waals surface area contributed by atoms with Crippen LogP contribution in [0.2, 0.25) is 0 Å².